The van der Waals surface area contributed by atoms with Gasteiger partial charge in [0.1, 0.15) is 5.65 Å². The van der Waals surface area contributed by atoms with E-state index in [0.29, 0.717) is 0 Å². The van der Waals surface area contributed by atoms with Crippen molar-refractivity contribution in [1.82, 2.24) is 22.9 Å². The third-order valence-electron chi connectivity index (χ3n) is 17.5. The zero-order valence-electron chi connectivity index (χ0n) is 41.9. The first-order chi connectivity index (χ1) is 38.7. The van der Waals surface area contributed by atoms with Gasteiger partial charge in [-0.3, -0.25) is 4.40 Å². The molecule has 78 heavy (non-hydrogen) atoms. The second-order valence-electron chi connectivity index (χ2n) is 21.4. The number of nitrogens with zero attached hydrogens (tertiary/aromatic N) is 5. The van der Waals surface area contributed by atoms with Crippen LogP contribution in [0.5, 0.6) is 0 Å². The standard InChI is InChI=1S/C73H41N5/c1-3-19-46(20-4-1)75-61-31-13-11-25-51(61)57-38-44(33-35-63(57)75)50-27-15-28-53-67-49-24-10-8-18-43(49)40-59-60-41-65-68(74-73(60)78(69(50)53)72(59)67)55-30-16-29-54-66-48-23-9-7-17-42(48)37-56(71(66)77(65)70(54)55)45-34-36-64-58(39-45)52-26-12-14-32-62(52)76(64)47-21-5-2-6-22-47/h1-41H. The third-order valence-corrected chi connectivity index (χ3v) is 17.5. The summed E-state index contributed by atoms with van der Waals surface area (Å²) in [5, 5.41) is 18.5. The minimum Gasteiger partial charge on any atom is -0.309 e. The highest BCUT2D eigenvalue weighted by atomic mass is 15.0. The molecule has 0 unspecified atom stereocenters. The highest BCUT2D eigenvalue weighted by Crippen LogP contribution is 2.50. The molecule has 5 heteroatoms. The molecular weight excluding hydrogens is 947 g/mol. The van der Waals surface area contributed by atoms with Gasteiger partial charge in [0.2, 0.25) is 0 Å². The van der Waals surface area contributed by atoms with Crippen LogP contribution < -0.4 is 0 Å². The van der Waals surface area contributed by atoms with Gasteiger partial charge in [0.15, 0.2) is 0 Å². The molecule has 358 valence electrons. The summed E-state index contributed by atoms with van der Waals surface area (Å²) in [5.74, 6) is 0. The number of rotatable bonds is 4. The molecule has 19 aromatic rings. The van der Waals surface area contributed by atoms with Crippen molar-refractivity contribution in [3.8, 4) is 33.6 Å². The van der Waals surface area contributed by atoms with Gasteiger partial charge >= 0.3 is 0 Å². The maximum atomic E-state index is 5.98. The summed E-state index contributed by atoms with van der Waals surface area (Å²) < 4.78 is 9.88. The molecule has 0 aliphatic carbocycles. The van der Waals surface area contributed by atoms with Crippen LogP contribution in [0.3, 0.4) is 0 Å². The summed E-state index contributed by atoms with van der Waals surface area (Å²) in [6.45, 7) is 0. The van der Waals surface area contributed by atoms with E-state index in [9.17, 15) is 0 Å². The average Bonchev–Trinajstić information content (AvgIpc) is 4.37. The van der Waals surface area contributed by atoms with Crippen LogP contribution in [0, 0.1) is 0 Å². The van der Waals surface area contributed by atoms with Crippen LogP contribution in [0.15, 0.2) is 249 Å². The van der Waals surface area contributed by atoms with Crippen LogP contribution in [0.25, 0.3) is 175 Å². The molecule has 7 aromatic heterocycles. The second-order valence-corrected chi connectivity index (χ2v) is 21.4. The summed E-state index contributed by atoms with van der Waals surface area (Å²) >= 11 is 0. The summed E-state index contributed by atoms with van der Waals surface area (Å²) in [6, 6.07) is 92.2. The number of benzene rings is 12. The molecule has 0 saturated heterocycles. The molecule has 0 aliphatic rings. The van der Waals surface area contributed by atoms with Crippen molar-refractivity contribution in [3.63, 3.8) is 0 Å². The maximum Gasteiger partial charge on any atom is 0.146 e. The maximum absolute atomic E-state index is 5.98. The lowest BCUT2D eigenvalue weighted by Gasteiger charge is -2.11. The van der Waals surface area contributed by atoms with Crippen molar-refractivity contribution in [1.29, 1.82) is 0 Å². The number of aromatic nitrogens is 5. The van der Waals surface area contributed by atoms with Gasteiger partial charge in [0, 0.05) is 81.8 Å². The number of para-hydroxylation sites is 6. The van der Waals surface area contributed by atoms with E-state index in [1.165, 1.54) is 136 Å². The van der Waals surface area contributed by atoms with Gasteiger partial charge in [-0.25, -0.2) is 4.98 Å². The zero-order chi connectivity index (χ0) is 50.5. The van der Waals surface area contributed by atoms with E-state index in [4.69, 9.17) is 4.98 Å². The fraction of sp³-hybridized carbons (Fsp3) is 0. The number of fused-ring (bicyclic) bond motifs is 22. The van der Waals surface area contributed by atoms with E-state index in [2.05, 4.69) is 267 Å². The van der Waals surface area contributed by atoms with Crippen molar-refractivity contribution < 1.29 is 0 Å². The van der Waals surface area contributed by atoms with Crippen molar-refractivity contribution in [2.45, 2.75) is 0 Å². The van der Waals surface area contributed by atoms with Gasteiger partial charge in [0.25, 0.3) is 0 Å². The molecule has 0 radical (unpaired) electrons. The Hall–Kier alpha value is -10.5. The first-order valence-corrected chi connectivity index (χ1v) is 27.0. The Labute approximate surface area is 444 Å². The Morgan fingerprint density at radius 1 is 0.256 bits per heavy atom. The van der Waals surface area contributed by atoms with Crippen molar-refractivity contribution in [2.24, 2.45) is 0 Å². The lowest BCUT2D eigenvalue weighted by Crippen LogP contribution is -1.93. The lowest BCUT2D eigenvalue weighted by molar-refractivity contribution is 1.18. The minimum atomic E-state index is 0.978. The molecule has 0 saturated carbocycles. The quantitative estimate of drug-likeness (QED) is 0.173. The molecular formula is C73H41N5. The third kappa shape index (κ3) is 5.09. The molecule has 19 rings (SSSR count). The summed E-state index contributed by atoms with van der Waals surface area (Å²) in [6.07, 6.45) is 0. The molecule has 12 aromatic carbocycles. The smallest absolute Gasteiger partial charge is 0.146 e. The summed E-state index contributed by atoms with van der Waals surface area (Å²) in [5.41, 5.74) is 19.8. The molecule has 0 fully saturated rings. The fourth-order valence-electron chi connectivity index (χ4n) is 14.4. The Balaban J connectivity index is 0.925. The molecule has 0 amide bonds. The van der Waals surface area contributed by atoms with E-state index in [-0.39, 0.29) is 0 Å². The Morgan fingerprint density at radius 2 is 0.756 bits per heavy atom. The molecule has 5 nitrogen and oxygen atoms in total. The van der Waals surface area contributed by atoms with Gasteiger partial charge < -0.3 is 13.5 Å². The molecule has 0 atom stereocenters. The summed E-state index contributed by atoms with van der Waals surface area (Å²) in [4.78, 5) is 5.98. The van der Waals surface area contributed by atoms with Crippen LogP contribution in [-0.4, -0.2) is 22.9 Å². The predicted molar refractivity (Wildman–Crippen MR) is 328 cm³/mol. The Morgan fingerprint density at radius 3 is 1.41 bits per heavy atom. The molecule has 0 bridgehead atoms. The van der Waals surface area contributed by atoms with Gasteiger partial charge in [-0.15, -0.1) is 0 Å². The average molecular weight is 988 g/mol. The van der Waals surface area contributed by atoms with Crippen LogP contribution in [0.4, 0.5) is 0 Å². The molecule has 0 spiro atoms. The van der Waals surface area contributed by atoms with E-state index in [1.807, 2.05) is 0 Å². The van der Waals surface area contributed by atoms with Crippen LogP contribution in [-0.2, 0) is 0 Å². The van der Waals surface area contributed by atoms with Gasteiger partial charge in [-0.05, 0) is 112 Å². The predicted octanol–water partition coefficient (Wildman–Crippen LogP) is 19.2. The fourth-order valence-corrected chi connectivity index (χ4v) is 14.4. The van der Waals surface area contributed by atoms with Crippen molar-refractivity contribution in [2.75, 3.05) is 0 Å². The first-order valence-electron chi connectivity index (χ1n) is 27.0. The van der Waals surface area contributed by atoms with Gasteiger partial charge in [0.05, 0.1) is 55.2 Å². The van der Waals surface area contributed by atoms with Crippen LogP contribution >= 0.6 is 0 Å². The normalized spacial score (nSPS) is 12.6. The van der Waals surface area contributed by atoms with Crippen LogP contribution in [0.2, 0.25) is 0 Å². The lowest BCUT2D eigenvalue weighted by atomic mass is 9.95. The Bertz CT molecular complexity index is 5790. The number of hydrogen-bond donors (Lipinski definition) is 0. The molecule has 0 N–H and O–H groups in total. The van der Waals surface area contributed by atoms with Gasteiger partial charge in [-0.2, -0.15) is 0 Å². The van der Waals surface area contributed by atoms with Crippen molar-refractivity contribution >= 4 is 142 Å². The van der Waals surface area contributed by atoms with E-state index in [1.54, 1.807) is 0 Å². The second kappa shape index (κ2) is 14.7. The largest absolute Gasteiger partial charge is 0.309 e. The zero-order valence-corrected chi connectivity index (χ0v) is 41.9. The molecule has 7 heterocycles. The van der Waals surface area contributed by atoms with E-state index in [0.717, 1.165) is 38.8 Å². The Kier molecular flexibility index (Phi) is 7.68. The monoisotopic (exact) mass is 987 g/mol. The SMILES string of the molecule is c1ccc(-n2c3ccccc3c3cc(-c4cc5ccccc5c5c6cccc7c8nc9c(cc8n(c45)c76)c4cc5ccccc5c5c6cccc(-c7ccc8c(c7)c7ccccc7n8-c7ccccc7)c6n9c45)ccc32)cc1. The number of pyridine rings is 1. The topological polar surface area (TPSA) is 31.6 Å². The van der Waals surface area contributed by atoms with E-state index >= 15 is 0 Å². The highest BCUT2D eigenvalue weighted by molar-refractivity contribution is 6.35. The van der Waals surface area contributed by atoms with Crippen LogP contribution in [0.1, 0.15) is 0 Å². The summed E-state index contributed by atoms with van der Waals surface area (Å²) in [7, 11) is 0. The number of hydrogen-bond acceptors (Lipinski definition) is 1. The highest BCUT2D eigenvalue weighted by Gasteiger charge is 2.28. The van der Waals surface area contributed by atoms with E-state index < -0.39 is 0 Å². The first kappa shape index (κ1) is 40.8. The minimum absolute atomic E-state index is 0.978. The molecule has 0 aliphatic heterocycles. The van der Waals surface area contributed by atoms with Crippen molar-refractivity contribution in [3.05, 3.63) is 249 Å². The van der Waals surface area contributed by atoms with Gasteiger partial charge in [-0.1, -0.05) is 170 Å².